The van der Waals surface area contributed by atoms with Gasteiger partial charge in [0.05, 0.1) is 14.2 Å². The Labute approximate surface area is 131 Å². The standard InChI is InChI=1S/C11H10BrN3O3S2/c12-7-2-1-6(20-7)9-8(15-5-19-9)10(16)13-3-4-14-11(17)18/h1-2,5,14H,3-4H2,(H,13,16)(H,17,18). The lowest BCUT2D eigenvalue weighted by Gasteiger charge is -2.04. The number of hydrogen-bond acceptors (Lipinski definition) is 5. The van der Waals surface area contributed by atoms with Crippen LogP contribution in [0.1, 0.15) is 10.5 Å². The van der Waals surface area contributed by atoms with E-state index in [1.165, 1.54) is 22.7 Å². The highest BCUT2D eigenvalue weighted by atomic mass is 79.9. The molecule has 0 fully saturated rings. The Balaban J connectivity index is 2.01. The van der Waals surface area contributed by atoms with Crippen molar-refractivity contribution in [1.29, 1.82) is 0 Å². The lowest BCUT2D eigenvalue weighted by molar-refractivity contribution is 0.0949. The van der Waals surface area contributed by atoms with Crippen molar-refractivity contribution in [2.24, 2.45) is 0 Å². The molecule has 2 heterocycles. The smallest absolute Gasteiger partial charge is 0.404 e. The van der Waals surface area contributed by atoms with Crippen LogP contribution in [0.2, 0.25) is 0 Å². The van der Waals surface area contributed by atoms with E-state index in [4.69, 9.17) is 5.11 Å². The number of amides is 2. The van der Waals surface area contributed by atoms with Crippen LogP contribution < -0.4 is 10.6 Å². The molecule has 0 unspecified atom stereocenters. The Bertz CT molecular complexity index is 626. The van der Waals surface area contributed by atoms with Gasteiger partial charge in [0.25, 0.3) is 5.91 Å². The number of nitrogens with one attached hydrogen (secondary N) is 2. The van der Waals surface area contributed by atoms with Crippen LogP contribution in [0.15, 0.2) is 21.4 Å². The summed E-state index contributed by atoms with van der Waals surface area (Å²) in [7, 11) is 0. The summed E-state index contributed by atoms with van der Waals surface area (Å²) >= 11 is 6.31. The number of rotatable bonds is 5. The Morgan fingerprint density at radius 1 is 1.30 bits per heavy atom. The maximum atomic E-state index is 12.0. The third-order valence-corrected chi connectivity index (χ3v) is 4.90. The summed E-state index contributed by atoms with van der Waals surface area (Å²) in [6, 6.07) is 3.84. The Morgan fingerprint density at radius 2 is 2.05 bits per heavy atom. The summed E-state index contributed by atoms with van der Waals surface area (Å²) in [5, 5.41) is 13.2. The Kier molecular flexibility index (Phi) is 5.10. The minimum atomic E-state index is -1.11. The molecule has 106 valence electrons. The zero-order chi connectivity index (χ0) is 14.5. The van der Waals surface area contributed by atoms with Crippen molar-refractivity contribution in [1.82, 2.24) is 15.6 Å². The first kappa shape index (κ1) is 14.9. The molecule has 0 aromatic carbocycles. The van der Waals surface area contributed by atoms with E-state index >= 15 is 0 Å². The van der Waals surface area contributed by atoms with Gasteiger partial charge in [-0.15, -0.1) is 22.7 Å². The lowest BCUT2D eigenvalue weighted by atomic mass is 10.3. The molecule has 0 spiro atoms. The summed E-state index contributed by atoms with van der Waals surface area (Å²) in [6.45, 7) is 0.376. The number of hydrogen-bond donors (Lipinski definition) is 3. The number of nitrogens with zero attached hydrogens (tertiary/aromatic N) is 1. The van der Waals surface area contributed by atoms with Gasteiger partial charge in [0.1, 0.15) is 5.69 Å². The average Bonchev–Trinajstić information content (AvgIpc) is 3.02. The van der Waals surface area contributed by atoms with Crippen LogP contribution in [-0.2, 0) is 0 Å². The van der Waals surface area contributed by atoms with Crippen molar-refractivity contribution in [3.63, 3.8) is 0 Å². The molecule has 2 aromatic heterocycles. The molecule has 3 N–H and O–H groups in total. The fourth-order valence-electron chi connectivity index (χ4n) is 1.45. The van der Waals surface area contributed by atoms with Gasteiger partial charge in [0.2, 0.25) is 0 Å². The van der Waals surface area contributed by atoms with Crippen molar-refractivity contribution < 1.29 is 14.7 Å². The molecule has 2 aromatic rings. The first-order valence-electron chi connectivity index (χ1n) is 5.52. The van der Waals surface area contributed by atoms with Gasteiger partial charge in [0, 0.05) is 18.0 Å². The van der Waals surface area contributed by atoms with E-state index < -0.39 is 6.09 Å². The highest BCUT2D eigenvalue weighted by Crippen LogP contribution is 2.35. The first-order chi connectivity index (χ1) is 9.58. The van der Waals surface area contributed by atoms with E-state index in [1.54, 1.807) is 5.51 Å². The van der Waals surface area contributed by atoms with Crippen LogP contribution >= 0.6 is 38.6 Å². The minimum Gasteiger partial charge on any atom is -0.465 e. The first-order valence-corrected chi connectivity index (χ1v) is 8.01. The van der Waals surface area contributed by atoms with Gasteiger partial charge in [-0.2, -0.15) is 0 Å². The van der Waals surface area contributed by atoms with Crippen LogP contribution in [0.3, 0.4) is 0 Å². The summed E-state index contributed by atoms with van der Waals surface area (Å²) in [4.78, 5) is 28.1. The largest absolute Gasteiger partial charge is 0.465 e. The second-order valence-electron chi connectivity index (χ2n) is 3.62. The quantitative estimate of drug-likeness (QED) is 0.700. The third kappa shape index (κ3) is 3.78. The van der Waals surface area contributed by atoms with Gasteiger partial charge in [-0.05, 0) is 28.1 Å². The van der Waals surface area contributed by atoms with Crippen LogP contribution in [0, 0.1) is 0 Å². The summed E-state index contributed by atoms with van der Waals surface area (Å²) in [5.41, 5.74) is 1.98. The summed E-state index contributed by atoms with van der Waals surface area (Å²) in [6.07, 6.45) is -1.11. The van der Waals surface area contributed by atoms with Crippen molar-refractivity contribution >= 4 is 50.6 Å². The number of thiophene rings is 1. The molecule has 2 rings (SSSR count). The van der Waals surface area contributed by atoms with Gasteiger partial charge in [-0.25, -0.2) is 9.78 Å². The normalized spacial score (nSPS) is 10.2. The molecule has 0 bridgehead atoms. The predicted octanol–water partition coefficient (Wildman–Crippen LogP) is 2.63. The summed E-state index contributed by atoms with van der Waals surface area (Å²) < 4.78 is 0.984. The second-order valence-corrected chi connectivity index (χ2v) is 6.94. The fraction of sp³-hybridized carbons (Fsp3) is 0.182. The van der Waals surface area contributed by atoms with E-state index in [0.29, 0.717) is 5.69 Å². The van der Waals surface area contributed by atoms with E-state index in [-0.39, 0.29) is 19.0 Å². The SMILES string of the molecule is O=C(O)NCCNC(=O)c1ncsc1-c1ccc(Br)s1. The molecule has 0 radical (unpaired) electrons. The third-order valence-electron chi connectivity index (χ3n) is 2.27. The second kappa shape index (κ2) is 6.82. The maximum Gasteiger partial charge on any atom is 0.404 e. The maximum absolute atomic E-state index is 12.0. The van der Waals surface area contributed by atoms with E-state index in [9.17, 15) is 9.59 Å². The Morgan fingerprint density at radius 3 is 2.70 bits per heavy atom. The fourth-order valence-corrected chi connectivity index (χ4v) is 3.75. The highest BCUT2D eigenvalue weighted by Gasteiger charge is 2.17. The van der Waals surface area contributed by atoms with Crippen molar-refractivity contribution in [2.45, 2.75) is 0 Å². The van der Waals surface area contributed by atoms with Gasteiger partial charge in [0.15, 0.2) is 0 Å². The molecule has 20 heavy (non-hydrogen) atoms. The van der Waals surface area contributed by atoms with Gasteiger partial charge >= 0.3 is 6.09 Å². The van der Waals surface area contributed by atoms with Gasteiger partial charge in [-0.1, -0.05) is 0 Å². The average molecular weight is 376 g/mol. The van der Waals surface area contributed by atoms with Crippen LogP contribution in [-0.4, -0.2) is 35.2 Å². The molecule has 0 aliphatic carbocycles. The number of thiazole rings is 1. The topological polar surface area (TPSA) is 91.3 Å². The molecular formula is C11H10BrN3O3S2. The van der Waals surface area contributed by atoms with Crippen LogP contribution in [0.5, 0.6) is 0 Å². The van der Waals surface area contributed by atoms with Crippen molar-refractivity contribution in [3.05, 3.63) is 27.1 Å². The van der Waals surface area contributed by atoms with E-state index in [0.717, 1.165) is 13.5 Å². The predicted molar refractivity (Wildman–Crippen MR) is 81.5 cm³/mol. The molecule has 0 atom stereocenters. The molecule has 2 amide bonds. The molecule has 0 saturated carbocycles. The van der Waals surface area contributed by atoms with E-state index in [2.05, 4.69) is 31.5 Å². The molecule has 0 saturated heterocycles. The number of carbonyl (C=O) groups is 2. The van der Waals surface area contributed by atoms with Gasteiger partial charge < -0.3 is 15.7 Å². The van der Waals surface area contributed by atoms with Crippen molar-refractivity contribution in [2.75, 3.05) is 13.1 Å². The van der Waals surface area contributed by atoms with Crippen LogP contribution in [0.25, 0.3) is 9.75 Å². The minimum absolute atomic E-state index is 0.158. The van der Waals surface area contributed by atoms with Crippen molar-refractivity contribution in [3.8, 4) is 9.75 Å². The zero-order valence-corrected chi connectivity index (χ0v) is 13.3. The number of halogens is 1. The lowest BCUT2D eigenvalue weighted by Crippen LogP contribution is -2.34. The molecule has 0 aliphatic rings. The number of aromatic nitrogens is 1. The zero-order valence-electron chi connectivity index (χ0n) is 10.1. The van der Waals surface area contributed by atoms with Gasteiger partial charge in [-0.3, -0.25) is 4.79 Å². The number of carbonyl (C=O) groups excluding carboxylic acids is 1. The monoisotopic (exact) mass is 375 g/mol. The highest BCUT2D eigenvalue weighted by molar-refractivity contribution is 9.11. The summed E-state index contributed by atoms with van der Waals surface area (Å²) in [5.74, 6) is -0.307. The molecule has 9 heteroatoms. The molecular weight excluding hydrogens is 366 g/mol. The van der Waals surface area contributed by atoms with E-state index in [1.807, 2.05) is 12.1 Å². The number of carboxylic acid groups (broad SMARTS) is 1. The molecule has 0 aliphatic heterocycles. The Hall–Kier alpha value is -1.45. The van der Waals surface area contributed by atoms with Crippen LogP contribution in [0.4, 0.5) is 4.79 Å². The molecule has 6 nitrogen and oxygen atoms in total.